The number of hydrogen-bond acceptors (Lipinski definition) is 4. The highest BCUT2D eigenvalue weighted by Crippen LogP contribution is 2.22. The second-order valence-corrected chi connectivity index (χ2v) is 5.70. The molecule has 0 saturated carbocycles. The molecule has 0 aromatic carbocycles. The van der Waals surface area contributed by atoms with Gasteiger partial charge in [-0.25, -0.2) is 4.98 Å². The van der Waals surface area contributed by atoms with Crippen molar-refractivity contribution in [2.24, 2.45) is 0 Å². The van der Waals surface area contributed by atoms with Gasteiger partial charge in [-0.3, -0.25) is 4.79 Å². The molecule has 0 bridgehead atoms. The smallest absolute Gasteiger partial charge is 0.266 e. The fourth-order valence-electron chi connectivity index (χ4n) is 1.54. The summed E-state index contributed by atoms with van der Waals surface area (Å²) in [7, 11) is 0. The number of thiophene rings is 1. The van der Waals surface area contributed by atoms with Crippen LogP contribution in [0.3, 0.4) is 0 Å². The number of aryl methyl sites for hydroxylation is 1. The second kappa shape index (κ2) is 7.23. The number of anilines is 1. The summed E-state index contributed by atoms with van der Waals surface area (Å²) in [4.78, 5) is 17.5. The minimum Gasteiger partial charge on any atom is -0.395 e. The lowest BCUT2D eigenvalue weighted by atomic mass is 10.2. The van der Waals surface area contributed by atoms with Crippen LogP contribution in [0, 0.1) is 18.8 Å². The van der Waals surface area contributed by atoms with E-state index in [1.54, 1.807) is 18.2 Å². The largest absolute Gasteiger partial charge is 0.395 e. The first-order valence-electron chi connectivity index (χ1n) is 6.23. The van der Waals surface area contributed by atoms with Crippen LogP contribution in [0.5, 0.6) is 0 Å². The lowest BCUT2D eigenvalue weighted by molar-refractivity contribution is 0.103. The predicted octanol–water partition coefficient (Wildman–Crippen LogP) is 3.09. The Bertz CT molecular complexity index is 699. The Morgan fingerprint density at radius 3 is 3.00 bits per heavy atom. The van der Waals surface area contributed by atoms with Gasteiger partial charge in [0, 0.05) is 12.6 Å². The van der Waals surface area contributed by atoms with Crippen molar-refractivity contribution in [1.82, 2.24) is 4.98 Å². The van der Waals surface area contributed by atoms with E-state index in [1.807, 2.05) is 6.92 Å². The number of carbonyl (C=O) groups excluding carboxylic acids is 1. The first kappa shape index (κ1) is 15.5. The highest BCUT2D eigenvalue weighted by atomic mass is 35.5. The lowest BCUT2D eigenvalue weighted by Crippen LogP contribution is -2.11. The quantitative estimate of drug-likeness (QED) is 0.854. The minimum atomic E-state index is -0.229. The molecule has 2 heterocycles. The van der Waals surface area contributed by atoms with Crippen LogP contribution in [0.4, 0.5) is 5.82 Å². The Kier molecular flexibility index (Phi) is 5.34. The third-order valence-corrected chi connectivity index (χ3v) is 3.92. The van der Waals surface area contributed by atoms with Gasteiger partial charge in [0.1, 0.15) is 5.82 Å². The van der Waals surface area contributed by atoms with Gasteiger partial charge < -0.3 is 10.4 Å². The van der Waals surface area contributed by atoms with Crippen LogP contribution in [0.25, 0.3) is 0 Å². The molecule has 108 valence electrons. The molecule has 0 aliphatic carbocycles. The van der Waals surface area contributed by atoms with Crippen molar-refractivity contribution in [2.75, 3.05) is 11.9 Å². The average Bonchev–Trinajstić information content (AvgIpc) is 2.83. The number of nitrogens with one attached hydrogen (secondary N) is 1. The summed E-state index contributed by atoms with van der Waals surface area (Å²) in [5.74, 6) is 6.03. The van der Waals surface area contributed by atoms with Crippen LogP contribution in [-0.2, 0) is 0 Å². The number of pyridine rings is 1. The summed E-state index contributed by atoms with van der Waals surface area (Å²) in [6, 6.07) is 5.09. The van der Waals surface area contributed by atoms with Gasteiger partial charge >= 0.3 is 0 Å². The first-order chi connectivity index (χ1) is 10.1. The Hall–Kier alpha value is -1.87. The van der Waals surface area contributed by atoms with Gasteiger partial charge in [-0.1, -0.05) is 23.4 Å². The van der Waals surface area contributed by atoms with E-state index in [1.165, 1.54) is 17.5 Å². The van der Waals surface area contributed by atoms with Crippen molar-refractivity contribution in [3.63, 3.8) is 0 Å². The summed E-state index contributed by atoms with van der Waals surface area (Å²) in [6.45, 7) is 1.93. The summed E-state index contributed by atoms with van der Waals surface area (Å²) < 4.78 is 0. The van der Waals surface area contributed by atoms with E-state index in [9.17, 15) is 4.79 Å². The van der Waals surface area contributed by atoms with E-state index in [-0.39, 0.29) is 12.5 Å². The van der Waals surface area contributed by atoms with Crippen molar-refractivity contribution in [3.05, 3.63) is 44.7 Å². The molecule has 0 saturated heterocycles. The highest BCUT2D eigenvalue weighted by Gasteiger charge is 2.12. The van der Waals surface area contributed by atoms with Crippen LogP contribution < -0.4 is 5.32 Å². The van der Waals surface area contributed by atoms with E-state index in [2.05, 4.69) is 22.1 Å². The zero-order chi connectivity index (χ0) is 15.2. The zero-order valence-corrected chi connectivity index (χ0v) is 12.9. The Balaban J connectivity index is 2.11. The number of rotatable bonds is 3. The molecule has 0 spiro atoms. The summed E-state index contributed by atoms with van der Waals surface area (Å²) in [5, 5.41) is 11.9. The molecule has 2 rings (SSSR count). The third-order valence-electron chi connectivity index (χ3n) is 2.55. The molecule has 0 atom stereocenters. The van der Waals surface area contributed by atoms with E-state index in [0.717, 1.165) is 10.4 Å². The van der Waals surface area contributed by atoms with Crippen molar-refractivity contribution in [2.45, 2.75) is 13.3 Å². The number of nitrogens with zero attached hydrogens (tertiary/aromatic N) is 1. The average molecular weight is 321 g/mol. The van der Waals surface area contributed by atoms with Gasteiger partial charge in [0.05, 0.1) is 21.4 Å². The second-order valence-electron chi connectivity index (χ2n) is 4.21. The Labute approximate surface area is 131 Å². The zero-order valence-electron chi connectivity index (χ0n) is 11.3. The van der Waals surface area contributed by atoms with Crippen molar-refractivity contribution in [3.8, 4) is 11.8 Å². The van der Waals surface area contributed by atoms with Gasteiger partial charge in [-0.05, 0) is 30.7 Å². The fraction of sp³-hybridized carbons (Fsp3) is 0.200. The molecule has 0 unspecified atom stereocenters. The molecule has 0 fully saturated rings. The van der Waals surface area contributed by atoms with Gasteiger partial charge in [-0.15, -0.1) is 11.3 Å². The number of aliphatic hydroxyl groups excluding tert-OH is 1. The van der Waals surface area contributed by atoms with E-state index in [4.69, 9.17) is 16.7 Å². The molecule has 0 radical (unpaired) electrons. The number of carbonyl (C=O) groups is 1. The molecule has 0 aliphatic heterocycles. The molecule has 4 nitrogen and oxygen atoms in total. The van der Waals surface area contributed by atoms with Crippen LogP contribution in [0.2, 0.25) is 5.02 Å². The summed E-state index contributed by atoms with van der Waals surface area (Å²) >= 11 is 7.06. The molecule has 1 amide bonds. The Morgan fingerprint density at radius 1 is 1.52 bits per heavy atom. The van der Waals surface area contributed by atoms with Gasteiger partial charge in [-0.2, -0.15) is 0 Å². The van der Waals surface area contributed by atoms with E-state index < -0.39 is 0 Å². The first-order valence-corrected chi connectivity index (χ1v) is 7.42. The number of aliphatic hydroxyl groups is 1. The topological polar surface area (TPSA) is 62.2 Å². The molecule has 2 aromatic heterocycles. The molecule has 0 aliphatic rings. The molecular formula is C15H13ClN2O2S. The molecule has 2 N–H and O–H groups in total. The normalized spacial score (nSPS) is 9.86. The maximum Gasteiger partial charge on any atom is 0.266 e. The minimum absolute atomic E-state index is 0.0347. The summed E-state index contributed by atoms with van der Waals surface area (Å²) in [5.41, 5.74) is 0.944. The summed E-state index contributed by atoms with van der Waals surface area (Å²) in [6.07, 6.45) is 1.90. The monoisotopic (exact) mass is 320 g/mol. The van der Waals surface area contributed by atoms with Gasteiger partial charge in [0.2, 0.25) is 0 Å². The Morgan fingerprint density at radius 2 is 2.33 bits per heavy atom. The molecule has 21 heavy (non-hydrogen) atoms. The molecule has 6 heteroatoms. The third kappa shape index (κ3) is 4.30. The van der Waals surface area contributed by atoms with Crippen LogP contribution in [0.15, 0.2) is 24.4 Å². The lowest BCUT2D eigenvalue weighted by Gasteiger charge is -2.01. The number of aromatic nitrogens is 1. The number of hydrogen-bond donors (Lipinski definition) is 2. The van der Waals surface area contributed by atoms with E-state index >= 15 is 0 Å². The van der Waals surface area contributed by atoms with Crippen molar-refractivity contribution >= 4 is 34.7 Å². The van der Waals surface area contributed by atoms with Gasteiger partial charge in [0.15, 0.2) is 0 Å². The number of halogens is 1. The van der Waals surface area contributed by atoms with Gasteiger partial charge in [0.25, 0.3) is 5.91 Å². The van der Waals surface area contributed by atoms with E-state index in [0.29, 0.717) is 22.1 Å². The van der Waals surface area contributed by atoms with Crippen LogP contribution in [0.1, 0.15) is 26.5 Å². The van der Waals surface area contributed by atoms with Crippen LogP contribution >= 0.6 is 22.9 Å². The predicted molar refractivity (Wildman–Crippen MR) is 84.8 cm³/mol. The standard InChI is InChI=1S/C15H13ClN2O2S/c1-10-8-13(21-12(10)4-2-3-7-19)15(20)18-14-6-5-11(16)9-17-14/h5-6,8-9,19H,3,7H2,1H3,(H,17,18,20). The maximum absolute atomic E-state index is 12.1. The molecule has 2 aromatic rings. The van der Waals surface area contributed by atoms with Crippen molar-refractivity contribution < 1.29 is 9.90 Å². The van der Waals surface area contributed by atoms with Crippen molar-refractivity contribution in [1.29, 1.82) is 0 Å². The number of amides is 1. The SMILES string of the molecule is Cc1cc(C(=O)Nc2ccc(Cl)cn2)sc1C#CCCO. The maximum atomic E-state index is 12.1. The fourth-order valence-corrected chi connectivity index (χ4v) is 2.60. The molecular weight excluding hydrogens is 308 g/mol. The van der Waals surface area contributed by atoms with Crippen LogP contribution in [-0.4, -0.2) is 22.6 Å². The highest BCUT2D eigenvalue weighted by molar-refractivity contribution is 7.14.